The standard InChI is InChI=1S/C22H19Cl2FO3/c1-3-11-8-12(18-15(24)9-13(23)10-16(18)25)4-5-14(11)19-20(26)17-6-7-22(2,28-17)21(19)27/h4-5,8-10,17,27H,3,6-7H2,1-2H3/t17-,22+/m0/s1. The van der Waals surface area contributed by atoms with Crippen LogP contribution in [0.1, 0.15) is 37.8 Å². The summed E-state index contributed by atoms with van der Waals surface area (Å²) in [7, 11) is 0. The largest absolute Gasteiger partial charge is 0.508 e. The number of hydrogen-bond acceptors (Lipinski definition) is 3. The Labute approximate surface area is 172 Å². The number of hydrogen-bond donors (Lipinski definition) is 1. The van der Waals surface area contributed by atoms with E-state index in [1.54, 1.807) is 25.1 Å². The molecule has 2 aromatic rings. The molecule has 146 valence electrons. The summed E-state index contributed by atoms with van der Waals surface area (Å²) in [6.07, 6.45) is 1.27. The van der Waals surface area contributed by atoms with Crippen molar-refractivity contribution in [1.82, 2.24) is 0 Å². The molecule has 0 radical (unpaired) electrons. The van der Waals surface area contributed by atoms with Gasteiger partial charge < -0.3 is 9.84 Å². The molecule has 1 N–H and O–H groups in total. The van der Waals surface area contributed by atoms with Gasteiger partial charge >= 0.3 is 0 Å². The van der Waals surface area contributed by atoms with Crippen molar-refractivity contribution in [1.29, 1.82) is 0 Å². The Hall–Kier alpha value is -1.88. The van der Waals surface area contributed by atoms with Gasteiger partial charge in [-0.2, -0.15) is 0 Å². The maximum Gasteiger partial charge on any atom is 0.195 e. The first-order chi connectivity index (χ1) is 13.2. The third-order valence-electron chi connectivity index (χ3n) is 5.61. The highest BCUT2D eigenvalue weighted by atomic mass is 35.5. The van der Waals surface area contributed by atoms with Gasteiger partial charge in [0.2, 0.25) is 0 Å². The third-order valence-corrected chi connectivity index (χ3v) is 6.13. The summed E-state index contributed by atoms with van der Waals surface area (Å²) in [6.45, 7) is 3.75. The van der Waals surface area contributed by atoms with Crippen LogP contribution in [0.15, 0.2) is 36.1 Å². The Morgan fingerprint density at radius 3 is 2.71 bits per heavy atom. The van der Waals surface area contributed by atoms with Crippen molar-refractivity contribution in [3.8, 4) is 11.1 Å². The molecule has 6 heteroatoms. The lowest BCUT2D eigenvalue weighted by atomic mass is 9.87. The average molecular weight is 421 g/mol. The third kappa shape index (κ3) is 2.95. The minimum Gasteiger partial charge on any atom is -0.508 e. The Morgan fingerprint density at radius 2 is 2.04 bits per heavy atom. The Kier molecular flexibility index (Phi) is 4.77. The quantitative estimate of drug-likeness (QED) is 0.647. The van der Waals surface area contributed by atoms with Crippen LogP contribution in [0.4, 0.5) is 4.39 Å². The van der Waals surface area contributed by atoms with Crippen molar-refractivity contribution in [2.75, 3.05) is 0 Å². The van der Waals surface area contributed by atoms with Crippen molar-refractivity contribution in [3.63, 3.8) is 0 Å². The highest BCUT2D eigenvalue weighted by Crippen LogP contribution is 2.46. The predicted molar refractivity (Wildman–Crippen MR) is 108 cm³/mol. The Balaban J connectivity index is 1.87. The summed E-state index contributed by atoms with van der Waals surface area (Å²) in [4.78, 5) is 12.9. The number of fused-ring (bicyclic) bond motifs is 2. The van der Waals surface area contributed by atoms with E-state index in [2.05, 4.69) is 0 Å². The number of benzene rings is 2. The molecular formula is C22H19Cl2FO3. The van der Waals surface area contributed by atoms with E-state index in [0.717, 1.165) is 5.56 Å². The number of ketones is 1. The first-order valence-electron chi connectivity index (χ1n) is 9.19. The number of aliphatic hydroxyl groups is 1. The van der Waals surface area contributed by atoms with Gasteiger partial charge in [-0.1, -0.05) is 48.3 Å². The molecule has 0 unspecified atom stereocenters. The number of aryl methyl sites for hydroxylation is 1. The summed E-state index contributed by atoms with van der Waals surface area (Å²) < 4.78 is 20.2. The lowest BCUT2D eigenvalue weighted by Gasteiger charge is -2.31. The minimum absolute atomic E-state index is 0.0237. The molecule has 28 heavy (non-hydrogen) atoms. The lowest BCUT2D eigenvalue weighted by molar-refractivity contribution is -0.130. The molecule has 2 atom stereocenters. The number of carbonyl (C=O) groups is 1. The van der Waals surface area contributed by atoms with Crippen LogP contribution in [0.3, 0.4) is 0 Å². The van der Waals surface area contributed by atoms with Crippen LogP contribution in [0, 0.1) is 5.82 Å². The molecule has 1 fully saturated rings. The topological polar surface area (TPSA) is 46.5 Å². The van der Waals surface area contributed by atoms with Crippen LogP contribution < -0.4 is 0 Å². The molecule has 2 aromatic carbocycles. The molecule has 3 nitrogen and oxygen atoms in total. The van der Waals surface area contributed by atoms with Crippen LogP contribution in [0.25, 0.3) is 16.7 Å². The van der Waals surface area contributed by atoms with E-state index in [1.165, 1.54) is 12.1 Å². The van der Waals surface area contributed by atoms with E-state index in [-0.39, 0.29) is 27.2 Å². The maximum absolute atomic E-state index is 14.5. The smallest absolute Gasteiger partial charge is 0.195 e. The maximum atomic E-state index is 14.5. The lowest BCUT2D eigenvalue weighted by Crippen LogP contribution is -2.37. The van der Waals surface area contributed by atoms with Crippen molar-refractivity contribution < 1.29 is 19.0 Å². The molecule has 4 rings (SSSR count). The van der Waals surface area contributed by atoms with Crippen molar-refractivity contribution in [2.45, 2.75) is 44.8 Å². The summed E-state index contributed by atoms with van der Waals surface area (Å²) in [6, 6.07) is 7.98. The predicted octanol–water partition coefficient (Wildman–Crippen LogP) is 6.15. The van der Waals surface area contributed by atoms with Gasteiger partial charge in [0.05, 0.1) is 10.6 Å². The van der Waals surface area contributed by atoms with E-state index >= 15 is 0 Å². The van der Waals surface area contributed by atoms with Gasteiger partial charge in [0.25, 0.3) is 0 Å². The molecule has 2 aliphatic rings. The molecule has 2 heterocycles. The van der Waals surface area contributed by atoms with E-state index in [0.29, 0.717) is 36.0 Å². The molecule has 2 aliphatic heterocycles. The van der Waals surface area contributed by atoms with E-state index in [9.17, 15) is 14.3 Å². The summed E-state index contributed by atoms with van der Waals surface area (Å²) >= 11 is 12.1. The zero-order valence-corrected chi connectivity index (χ0v) is 17.0. The number of aliphatic hydroxyl groups excluding tert-OH is 1. The molecule has 0 amide bonds. The van der Waals surface area contributed by atoms with Gasteiger partial charge in [0.15, 0.2) is 5.78 Å². The SMILES string of the molecule is CCc1cc(-c2c(F)cc(Cl)cc2Cl)ccc1C1=C(O)[C@@]2(C)CC[C@H](O2)C1=O. The molecule has 0 aliphatic carbocycles. The van der Waals surface area contributed by atoms with Crippen LogP contribution in [0.5, 0.6) is 0 Å². The minimum atomic E-state index is -0.830. The fourth-order valence-corrected chi connectivity index (χ4v) is 4.68. The number of halogens is 3. The zero-order chi connectivity index (χ0) is 20.2. The first-order valence-corrected chi connectivity index (χ1v) is 9.94. The van der Waals surface area contributed by atoms with Crippen LogP contribution >= 0.6 is 23.2 Å². The molecule has 0 aromatic heterocycles. The number of rotatable bonds is 3. The normalized spacial score (nSPS) is 24.2. The number of ether oxygens (including phenoxy) is 1. The fraction of sp³-hybridized carbons (Fsp3) is 0.318. The average Bonchev–Trinajstić information content (AvgIpc) is 3.01. The van der Waals surface area contributed by atoms with E-state index in [1.807, 2.05) is 6.92 Å². The van der Waals surface area contributed by atoms with Gasteiger partial charge in [-0.25, -0.2) is 4.39 Å². The van der Waals surface area contributed by atoms with Gasteiger partial charge in [-0.15, -0.1) is 0 Å². The van der Waals surface area contributed by atoms with E-state index in [4.69, 9.17) is 27.9 Å². The van der Waals surface area contributed by atoms with Crippen molar-refractivity contribution in [2.24, 2.45) is 0 Å². The van der Waals surface area contributed by atoms with Crippen LogP contribution in [0.2, 0.25) is 10.0 Å². The monoisotopic (exact) mass is 420 g/mol. The second-order valence-electron chi connectivity index (χ2n) is 7.43. The summed E-state index contributed by atoms with van der Waals surface area (Å²) in [5, 5.41) is 11.2. The van der Waals surface area contributed by atoms with Crippen molar-refractivity contribution in [3.05, 3.63) is 63.1 Å². The number of carbonyl (C=O) groups excluding carboxylic acids is 1. The van der Waals surface area contributed by atoms with E-state index < -0.39 is 17.5 Å². The van der Waals surface area contributed by atoms with Gasteiger partial charge in [0.1, 0.15) is 23.3 Å². The molecular weight excluding hydrogens is 402 g/mol. The highest BCUT2D eigenvalue weighted by Gasteiger charge is 2.50. The van der Waals surface area contributed by atoms with Gasteiger partial charge in [-0.3, -0.25) is 4.79 Å². The highest BCUT2D eigenvalue weighted by molar-refractivity contribution is 6.36. The van der Waals surface area contributed by atoms with Crippen LogP contribution in [-0.4, -0.2) is 22.6 Å². The second kappa shape index (κ2) is 6.87. The second-order valence-corrected chi connectivity index (χ2v) is 8.28. The summed E-state index contributed by atoms with van der Waals surface area (Å²) in [5.74, 6) is -0.739. The van der Waals surface area contributed by atoms with Crippen LogP contribution in [-0.2, 0) is 16.0 Å². The molecule has 0 spiro atoms. The summed E-state index contributed by atoms with van der Waals surface area (Å²) in [5.41, 5.74) is 1.80. The van der Waals surface area contributed by atoms with Gasteiger partial charge in [0, 0.05) is 10.6 Å². The van der Waals surface area contributed by atoms with Gasteiger partial charge in [-0.05, 0) is 55.0 Å². The number of Topliss-reactive ketones (excluding diaryl/α,β-unsaturated/α-hetero) is 1. The Bertz CT molecular complexity index is 1010. The van der Waals surface area contributed by atoms with Crippen molar-refractivity contribution >= 4 is 34.6 Å². The first kappa shape index (κ1) is 19.4. The molecule has 0 saturated carbocycles. The fourth-order valence-electron chi connectivity index (χ4n) is 4.10. The molecule has 2 bridgehead atoms. The Morgan fingerprint density at radius 1 is 1.29 bits per heavy atom. The zero-order valence-electron chi connectivity index (χ0n) is 15.5. The molecule has 1 saturated heterocycles.